The van der Waals surface area contributed by atoms with Crippen molar-refractivity contribution >= 4 is 140 Å². The summed E-state index contributed by atoms with van der Waals surface area (Å²) in [5.41, 5.74) is 11.1. The molecule has 15 rings (SSSR count). The van der Waals surface area contributed by atoms with Gasteiger partial charge in [-0.3, -0.25) is 0 Å². The molecule has 0 bridgehead atoms. The molecule has 0 heterocycles. The maximum atomic E-state index is 2.62. The Kier molecular flexibility index (Phi) is 8.13. The molecule has 0 spiro atoms. The third-order valence-corrected chi connectivity index (χ3v) is 17.9. The minimum atomic E-state index is 0.0185. The van der Waals surface area contributed by atoms with Gasteiger partial charge in [0.1, 0.15) is 0 Å². The highest BCUT2D eigenvalue weighted by Gasteiger charge is 2.29. The summed E-state index contributed by atoms with van der Waals surface area (Å²) in [6.45, 7) is 28.4. The monoisotopic (exact) mass is 924 g/mol. The van der Waals surface area contributed by atoms with Gasteiger partial charge >= 0.3 is 0 Å². The lowest BCUT2D eigenvalue weighted by Gasteiger charge is -2.25. The van der Waals surface area contributed by atoms with Gasteiger partial charge in [-0.2, -0.15) is 0 Å². The predicted octanol–water partition coefficient (Wildman–Crippen LogP) is 21.6. The quantitative estimate of drug-likeness (QED) is 0.122. The average molecular weight is 925 g/mol. The molecule has 0 saturated heterocycles. The maximum absolute atomic E-state index is 2.62. The van der Waals surface area contributed by atoms with Gasteiger partial charge in [-0.25, -0.2) is 0 Å². The van der Waals surface area contributed by atoms with Crippen LogP contribution in [0, 0.1) is 13.8 Å². The molecule has 15 aromatic rings. The van der Waals surface area contributed by atoms with Crippen molar-refractivity contribution in [2.75, 3.05) is 0 Å². The predicted molar refractivity (Wildman–Crippen MR) is 319 cm³/mol. The van der Waals surface area contributed by atoms with Crippen LogP contribution in [0.1, 0.15) is 114 Å². The molecule has 0 aliphatic carbocycles. The SMILES string of the molecule is Cc1cccc(C)c1-c1ccc2c3ccc4c5cc6c(C(C)C)c7c8ccc9c%10cc(C(C)(C)C)cc%11cc(C(C)(C)C)cc(c%12ccc(c7c(C(C)C)c6cc5c5ccc(c6cccc1c62)c3c54)c8c%129)c%11%10. The van der Waals surface area contributed by atoms with Gasteiger partial charge in [-0.15, -0.1) is 0 Å². The molecular formula is C72H60. The van der Waals surface area contributed by atoms with E-state index < -0.39 is 0 Å². The molecular weight excluding hydrogens is 865 g/mol. The molecule has 72 heavy (non-hydrogen) atoms. The van der Waals surface area contributed by atoms with Crippen LogP contribution in [0.5, 0.6) is 0 Å². The van der Waals surface area contributed by atoms with E-state index in [2.05, 4.69) is 217 Å². The van der Waals surface area contributed by atoms with Gasteiger partial charge < -0.3 is 0 Å². The zero-order chi connectivity index (χ0) is 49.3. The molecule has 0 N–H and O–H groups in total. The van der Waals surface area contributed by atoms with Crippen LogP contribution in [0.2, 0.25) is 0 Å². The van der Waals surface area contributed by atoms with Crippen molar-refractivity contribution in [3.8, 4) is 11.1 Å². The first-order valence-corrected chi connectivity index (χ1v) is 26.6. The molecule has 15 aromatic carbocycles. The molecule has 0 unspecified atom stereocenters. The number of rotatable bonds is 3. The topological polar surface area (TPSA) is 0 Å². The van der Waals surface area contributed by atoms with Gasteiger partial charge in [0.15, 0.2) is 0 Å². The smallest absolute Gasteiger partial charge is 0.00137 e. The lowest BCUT2D eigenvalue weighted by atomic mass is 9.79. The Balaban J connectivity index is 1.07. The maximum Gasteiger partial charge on any atom is -0.00137 e. The summed E-state index contributed by atoms with van der Waals surface area (Å²) in [4.78, 5) is 0. The van der Waals surface area contributed by atoms with Crippen LogP contribution in [-0.2, 0) is 10.8 Å². The minimum absolute atomic E-state index is 0.0185. The second-order valence-electron chi connectivity index (χ2n) is 24.8. The van der Waals surface area contributed by atoms with Crippen molar-refractivity contribution in [2.45, 2.75) is 106 Å². The number of benzene rings is 13. The summed E-state index contributed by atoms with van der Waals surface area (Å²) in [5, 5.41) is 36.1. The van der Waals surface area contributed by atoms with E-state index in [0.717, 1.165) is 0 Å². The average Bonchev–Trinajstić information content (AvgIpc) is 3.85. The van der Waals surface area contributed by atoms with E-state index in [-0.39, 0.29) is 10.8 Å². The van der Waals surface area contributed by atoms with Crippen LogP contribution in [0.3, 0.4) is 0 Å². The Hall–Kier alpha value is -7.28. The number of hydrogen-bond donors (Lipinski definition) is 0. The molecule has 0 amide bonds. The first-order chi connectivity index (χ1) is 34.5. The highest BCUT2D eigenvalue weighted by molar-refractivity contribution is 6.46. The fraction of sp³-hybridized carbons (Fsp3) is 0.222. The molecule has 0 fully saturated rings. The van der Waals surface area contributed by atoms with Crippen molar-refractivity contribution in [3.63, 3.8) is 0 Å². The standard InChI is InChI=1S/C72H60/c1-35(2)60-58-33-54-48-23-21-46-43-18-14-17-42-44(62-37(5)15-13-16-38(62)6)19-20-45(64(42)43)47-22-24-49(66(48)65(46)47)55(54)34-59(58)61(36(3)4)70-53-28-26-51-57-32-41(72(10,11)12)30-39-29-40(71(7,8)9)31-56(63(39)57)50-25-27-52(69(60)70)68(53)67(50)51/h13-36H,1-12H3. The Bertz CT molecular complexity index is 4610. The van der Waals surface area contributed by atoms with Gasteiger partial charge in [0, 0.05) is 0 Å². The van der Waals surface area contributed by atoms with Crippen LogP contribution in [-0.4, -0.2) is 0 Å². The second-order valence-corrected chi connectivity index (χ2v) is 24.8. The van der Waals surface area contributed by atoms with Crippen LogP contribution in [0.25, 0.3) is 151 Å². The molecule has 0 aromatic heterocycles. The summed E-state index contributed by atoms with van der Waals surface area (Å²) < 4.78 is 0. The van der Waals surface area contributed by atoms with Gasteiger partial charge in [-0.05, 0) is 245 Å². The van der Waals surface area contributed by atoms with E-state index in [1.165, 1.54) is 185 Å². The summed E-state index contributed by atoms with van der Waals surface area (Å²) in [6.07, 6.45) is 0. The molecule has 0 aliphatic heterocycles. The third kappa shape index (κ3) is 5.23. The lowest BCUT2D eigenvalue weighted by Crippen LogP contribution is -2.12. The van der Waals surface area contributed by atoms with Crippen molar-refractivity contribution in [1.29, 1.82) is 0 Å². The van der Waals surface area contributed by atoms with Crippen molar-refractivity contribution in [2.24, 2.45) is 0 Å². The summed E-state index contributed by atoms with van der Waals surface area (Å²) in [7, 11) is 0. The Labute approximate surface area is 421 Å². The van der Waals surface area contributed by atoms with Gasteiger partial charge in [0.2, 0.25) is 0 Å². The van der Waals surface area contributed by atoms with E-state index in [9.17, 15) is 0 Å². The van der Waals surface area contributed by atoms with Gasteiger partial charge in [0.05, 0.1) is 0 Å². The van der Waals surface area contributed by atoms with Crippen LogP contribution in [0.4, 0.5) is 0 Å². The number of aryl methyl sites for hydroxylation is 2. The molecule has 0 radical (unpaired) electrons. The van der Waals surface area contributed by atoms with E-state index in [0.29, 0.717) is 11.8 Å². The summed E-state index contributed by atoms with van der Waals surface area (Å²) >= 11 is 0. The highest BCUT2D eigenvalue weighted by Crippen LogP contribution is 2.55. The van der Waals surface area contributed by atoms with Crippen LogP contribution < -0.4 is 0 Å². The van der Waals surface area contributed by atoms with E-state index in [1.807, 2.05) is 0 Å². The zero-order valence-electron chi connectivity index (χ0n) is 43.9. The Morgan fingerprint density at radius 1 is 0.292 bits per heavy atom. The summed E-state index contributed by atoms with van der Waals surface area (Å²) in [6, 6.07) is 53.6. The third-order valence-electron chi connectivity index (χ3n) is 17.9. The molecule has 0 aliphatic rings. The largest absolute Gasteiger partial charge is 0.0617 e. The van der Waals surface area contributed by atoms with Gasteiger partial charge in [-0.1, -0.05) is 178 Å². The summed E-state index contributed by atoms with van der Waals surface area (Å²) in [5.74, 6) is 0.618. The molecule has 348 valence electrons. The van der Waals surface area contributed by atoms with Crippen LogP contribution >= 0.6 is 0 Å². The van der Waals surface area contributed by atoms with Crippen molar-refractivity contribution in [3.05, 3.63) is 167 Å². The van der Waals surface area contributed by atoms with E-state index >= 15 is 0 Å². The first-order valence-electron chi connectivity index (χ1n) is 26.6. The Morgan fingerprint density at radius 2 is 0.653 bits per heavy atom. The molecule has 0 atom stereocenters. The minimum Gasteiger partial charge on any atom is -0.0617 e. The fourth-order valence-electron chi connectivity index (χ4n) is 14.7. The van der Waals surface area contributed by atoms with E-state index in [1.54, 1.807) is 0 Å². The molecule has 0 nitrogen and oxygen atoms in total. The van der Waals surface area contributed by atoms with Crippen molar-refractivity contribution < 1.29 is 0 Å². The molecule has 0 saturated carbocycles. The molecule has 0 heteroatoms. The van der Waals surface area contributed by atoms with Crippen molar-refractivity contribution in [1.82, 2.24) is 0 Å². The van der Waals surface area contributed by atoms with Crippen LogP contribution in [0.15, 0.2) is 133 Å². The lowest BCUT2D eigenvalue weighted by molar-refractivity contribution is 0.590. The number of fused-ring (bicyclic) bond motifs is 11. The van der Waals surface area contributed by atoms with E-state index in [4.69, 9.17) is 0 Å². The fourth-order valence-corrected chi connectivity index (χ4v) is 14.7. The zero-order valence-corrected chi connectivity index (χ0v) is 43.9. The highest BCUT2D eigenvalue weighted by atomic mass is 14.3. The normalized spacial score (nSPS) is 13.5. The Morgan fingerprint density at radius 3 is 1.11 bits per heavy atom. The number of hydrogen-bond acceptors (Lipinski definition) is 0. The second kappa shape index (κ2) is 13.8. The first kappa shape index (κ1) is 42.4. The van der Waals surface area contributed by atoms with Gasteiger partial charge in [0.25, 0.3) is 0 Å².